The molecule has 0 bridgehead atoms. The molecule has 1 heterocycles. The van der Waals surface area contributed by atoms with Gasteiger partial charge in [-0.2, -0.15) is 0 Å². The fraction of sp³-hybridized carbons (Fsp3) is 0.333. The van der Waals surface area contributed by atoms with Crippen molar-refractivity contribution in [2.75, 3.05) is 6.61 Å². The summed E-state index contributed by atoms with van der Waals surface area (Å²) in [6.45, 7) is 1.53. The van der Waals surface area contributed by atoms with Crippen LogP contribution < -0.4 is 5.56 Å². The van der Waals surface area contributed by atoms with Crippen molar-refractivity contribution < 1.29 is 18.3 Å². The quantitative estimate of drug-likeness (QED) is 0.838. The van der Waals surface area contributed by atoms with Crippen LogP contribution in [0.25, 0.3) is 0 Å². The van der Waals surface area contributed by atoms with E-state index in [1.54, 1.807) is 0 Å². The van der Waals surface area contributed by atoms with Gasteiger partial charge in [-0.15, -0.1) is 0 Å². The average Bonchev–Trinajstić information content (AvgIpc) is 2.15. The molecule has 0 amide bonds. The van der Waals surface area contributed by atoms with Gasteiger partial charge in [-0.25, -0.2) is 13.6 Å². The van der Waals surface area contributed by atoms with Crippen LogP contribution in [0.15, 0.2) is 10.9 Å². The van der Waals surface area contributed by atoms with E-state index in [1.165, 1.54) is 6.92 Å². The molecule has 0 unspecified atom stereocenters. The summed E-state index contributed by atoms with van der Waals surface area (Å²) in [6, 6.07) is 0.784. The summed E-state index contributed by atoms with van der Waals surface area (Å²) in [5.74, 6) is -1.03. The topological polar surface area (TPSA) is 59.2 Å². The second-order valence-corrected chi connectivity index (χ2v) is 3.20. The summed E-state index contributed by atoms with van der Waals surface area (Å²) in [5, 5.41) is -0.457. The summed E-state index contributed by atoms with van der Waals surface area (Å²) in [7, 11) is 0. The van der Waals surface area contributed by atoms with E-state index in [0.717, 1.165) is 6.07 Å². The molecule has 7 heteroatoms. The molecule has 88 valence electrons. The van der Waals surface area contributed by atoms with Crippen molar-refractivity contribution in [3.8, 4) is 0 Å². The van der Waals surface area contributed by atoms with Gasteiger partial charge in [0.05, 0.1) is 17.2 Å². The van der Waals surface area contributed by atoms with Crippen LogP contribution in [0.1, 0.15) is 29.4 Å². The molecule has 0 radical (unpaired) electrons. The van der Waals surface area contributed by atoms with E-state index in [0.29, 0.717) is 0 Å². The minimum Gasteiger partial charge on any atom is -0.461 e. The molecule has 16 heavy (non-hydrogen) atoms. The maximum atomic E-state index is 12.6. The van der Waals surface area contributed by atoms with Crippen molar-refractivity contribution in [2.45, 2.75) is 13.3 Å². The normalized spacial score (nSPS) is 10.6. The van der Waals surface area contributed by atoms with Gasteiger partial charge < -0.3 is 9.72 Å². The highest BCUT2D eigenvalue weighted by atomic mass is 35.5. The molecule has 0 aliphatic rings. The number of esters is 1. The van der Waals surface area contributed by atoms with Crippen LogP contribution >= 0.6 is 11.6 Å². The Hall–Kier alpha value is -1.43. The zero-order valence-corrected chi connectivity index (χ0v) is 8.98. The van der Waals surface area contributed by atoms with E-state index in [2.05, 4.69) is 4.74 Å². The number of aromatic amines is 1. The smallest absolute Gasteiger partial charge is 0.355 e. The van der Waals surface area contributed by atoms with Crippen LogP contribution in [0.4, 0.5) is 8.78 Å². The fourth-order valence-electron chi connectivity index (χ4n) is 1.12. The van der Waals surface area contributed by atoms with Crippen LogP contribution in [0.5, 0.6) is 0 Å². The molecule has 0 aromatic carbocycles. The van der Waals surface area contributed by atoms with E-state index >= 15 is 0 Å². The van der Waals surface area contributed by atoms with Gasteiger partial charge in [0.15, 0.2) is 0 Å². The second-order valence-electron chi connectivity index (χ2n) is 2.79. The highest BCUT2D eigenvalue weighted by Crippen LogP contribution is 2.28. The maximum absolute atomic E-state index is 12.6. The number of nitrogens with one attached hydrogen (secondary N) is 1. The van der Waals surface area contributed by atoms with Gasteiger partial charge in [0.2, 0.25) is 5.56 Å². The highest BCUT2D eigenvalue weighted by Gasteiger charge is 2.24. The molecule has 0 aliphatic carbocycles. The fourth-order valence-corrected chi connectivity index (χ4v) is 1.39. The number of aromatic nitrogens is 1. The average molecular weight is 252 g/mol. The lowest BCUT2D eigenvalue weighted by Gasteiger charge is -2.08. The number of hydrogen-bond donors (Lipinski definition) is 1. The SMILES string of the molecule is CCOC(=O)c1[nH]c(=O)cc(Cl)c1C(F)F. The minimum atomic E-state index is -2.97. The number of carbonyl (C=O) groups excluding carboxylic acids is 1. The first-order chi connectivity index (χ1) is 7.47. The number of carbonyl (C=O) groups is 1. The number of H-pyrrole nitrogens is 1. The summed E-state index contributed by atoms with van der Waals surface area (Å²) in [5.41, 5.74) is -2.06. The molecular formula is C9H8ClF2NO3. The summed E-state index contributed by atoms with van der Waals surface area (Å²) in [4.78, 5) is 24.3. The summed E-state index contributed by atoms with van der Waals surface area (Å²) in [6.07, 6.45) is -2.97. The Balaban J connectivity index is 3.35. The van der Waals surface area contributed by atoms with Crippen molar-refractivity contribution in [2.24, 2.45) is 0 Å². The number of pyridine rings is 1. The van der Waals surface area contributed by atoms with Crippen LogP contribution in [0.2, 0.25) is 5.02 Å². The van der Waals surface area contributed by atoms with E-state index in [-0.39, 0.29) is 6.61 Å². The second kappa shape index (κ2) is 5.07. The first-order valence-electron chi connectivity index (χ1n) is 4.35. The Morgan fingerprint density at radius 1 is 1.62 bits per heavy atom. The molecule has 0 atom stereocenters. The molecule has 1 aromatic rings. The van der Waals surface area contributed by atoms with E-state index in [9.17, 15) is 18.4 Å². The Labute approximate surface area is 94.2 Å². The number of hydrogen-bond acceptors (Lipinski definition) is 3. The van der Waals surface area contributed by atoms with E-state index < -0.39 is 34.2 Å². The van der Waals surface area contributed by atoms with Crippen molar-refractivity contribution >= 4 is 17.6 Å². The van der Waals surface area contributed by atoms with Gasteiger partial charge in [0.25, 0.3) is 6.43 Å². The van der Waals surface area contributed by atoms with Gasteiger partial charge in [-0.05, 0) is 6.92 Å². The third kappa shape index (κ3) is 2.57. The van der Waals surface area contributed by atoms with Gasteiger partial charge >= 0.3 is 5.97 Å². The van der Waals surface area contributed by atoms with Crippen LogP contribution in [-0.4, -0.2) is 17.6 Å². The van der Waals surface area contributed by atoms with Gasteiger partial charge in [-0.3, -0.25) is 4.79 Å². The largest absolute Gasteiger partial charge is 0.461 e. The molecule has 0 saturated heterocycles. The molecular weight excluding hydrogens is 244 g/mol. The minimum absolute atomic E-state index is 0.00998. The number of alkyl halides is 2. The summed E-state index contributed by atoms with van der Waals surface area (Å²) < 4.78 is 29.7. The molecule has 0 fully saturated rings. The van der Waals surface area contributed by atoms with Crippen molar-refractivity contribution in [1.29, 1.82) is 0 Å². The van der Waals surface area contributed by atoms with E-state index in [4.69, 9.17) is 11.6 Å². The zero-order valence-electron chi connectivity index (χ0n) is 8.22. The molecule has 4 nitrogen and oxygen atoms in total. The predicted octanol–water partition coefficient (Wildman–Crippen LogP) is 2.14. The Kier molecular flexibility index (Phi) is 4.00. The molecule has 1 rings (SSSR count). The molecule has 0 aliphatic heterocycles. The molecule has 1 N–H and O–H groups in total. The van der Waals surface area contributed by atoms with E-state index in [1.807, 2.05) is 4.98 Å². The van der Waals surface area contributed by atoms with Crippen molar-refractivity contribution in [3.05, 3.63) is 32.7 Å². The van der Waals surface area contributed by atoms with Gasteiger partial charge in [0.1, 0.15) is 5.69 Å². The Bertz CT molecular complexity index is 459. The van der Waals surface area contributed by atoms with Crippen LogP contribution in [0.3, 0.4) is 0 Å². The molecule has 0 spiro atoms. The lowest BCUT2D eigenvalue weighted by atomic mass is 10.2. The van der Waals surface area contributed by atoms with Crippen LogP contribution in [-0.2, 0) is 4.74 Å². The first-order valence-corrected chi connectivity index (χ1v) is 4.73. The lowest BCUT2D eigenvalue weighted by molar-refractivity contribution is 0.0507. The van der Waals surface area contributed by atoms with Gasteiger partial charge in [0, 0.05) is 6.07 Å². The number of halogens is 3. The third-order valence-electron chi connectivity index (χ3n) is 1.73. The zero-order chi connectivity index (χ0) is 12.3. The van der Waals surface area contributed by atoms with Gasteiger partial charge in [-0.1, -0.05) is 11.6 Å². The predicted molar refractivity (Wildman–Crippen MR) is 53.0 cm³/mol. The number of ether oxygens (including phenoxy) is 1. The van der Waals surface area contributed by atoms with Crippen molar-refractivity contribution in [1.82, 2.24) is 4.98 Å². The molecule has 0 saturated carbocycles. The Morgan fingerprint density at radius 2 is 2.25 bits per heavy atom. The third-order valence-corrected chi connectivity index (χ3v) is 2.04. The van der Waals surface area contributed by atoms with Crippen molar-refractivity contribution in [3.63, 3.8) is 0 Å². The lowest BCUT2D eigenvalue weighted by Crippen LogP contribution is -2.18. The van der Waals surface area contributed by atoms with Crippen LogP contribution in [0, 0.1) is 0 Å². The maximum Gasteiger partial charge on any atom is 0.355 e. The standard InChI is InChI=1S/C9H8ClF2NO3/c1-2-16-9(15)7-6(8(11)12)4(10)3-5(14)13-7/h3,8H,2H2,1H3,(H,13,14). The Morgan fingerprint density at radius 3 is 2.75 bits per heavy atom. The highest BCUT2D eigenvalue weighted by molar-refractivity contribution is 6.31. The number of rotatable bonds is 3. The monoisotopic (exact) mass is 251 g/mol. The first kappa shape index (κ1) is 12.6. The molecule has 1 aromatic heterocycles. The summed E-state index contributed by atoms with van der Waals surface area (Å²) >= 11 is 5.47.